The lowest BCUT2D eigenvalue weighted by Gasteiger charge is -2.31. The van der Waals surface area contributed by atoms with Gasteiger partial charge in [-0.05, 0) is 43.2 Å². The largest absolute Gasteiger partial charge is 0.497 e. The summed E-state index contributed by atoms with van der Waals surface area (Å²) >= 11 is 0. The molecule has 0 N–H and O–H groups in total. The normalized spacial score (nSPS) is 12.0. The summed E-state index contributed by atoms with van der Waals surface area (Å²) in [5.74, 6) is 1.14. The molecule has 0 aliphatic rings. The molecule has 1 atom stereocenters. The minimum absolute atomic E-state index is 0.0972. The minimum Gasteiger partial charge on any atom is -0.497 e. The summed E-state index contributed by atoms with van der Waals surface area (Å²) in [6, 6.07) is 14.1. The molecule has 0 saturated heterocycles. The molecule has 0 aliphatic heterocycles. The topological polar surface area (TPSA) is 64.4 Å². The molecular formula is C23H27N3O3. The fourth-order valence-electron chi connectivity index (χ4n) is 3.64. The lowest BCUT2D eigenvalue weighted by atomic mass is 10.1. The smallest absolute Gasteiger partial charge is 0.261 e. The molecule has 1 amide bonds. The second-order valence-electron chi connectivity index (χ2n) is 7.01. The summed E-state index contributed by atoms with van der Waals surface area (Å²) in [6.45, 7) is 4.61. The predicted octanol–water partition coefficient (Wildman–Crippen LogP) is 3.95. The van der Waals surface area contributed by atoms with Crippen LogP contribution in [-0.2, 0) is 7.05 Å². The molecule has 1 aromatic heterocycles. The maximum Gasteiger partial charge on any atom is 0.261 e. The van der Waals surface area contributed by atoms with Crippen molar-refractivity contribution in [1.82, 2.24) is 14.5 Å². The Balaban J connectivity index is 2.10. The summed E-state index contributed by atoms with van der Waals surface area (Å²) in [6.07, 6.45) is 1.45. The van der Waals surface area contributed by atoms with Gasteiger partial charge in [0.05, 0.1) is 24.1 Å². The van der Waals surface area contributed by atoms with Gasteiger partial charge in [0, 0.05) is 19.2 Å². The minimum atomic E-state index is -0.309. The fourth-order valence-corrected chi connectivity index (χ4v) is 3.64. The first-order valence-electron chi connectivity index (χ1n) is 9.92. The number of benzene rings is 2. The van der Waals surface area contributed by atoms with Crippen molar-refractivity contribution in [2.45, 2.75) is 32.7 Å². The Labute approximate surface area is 170 Å². The van der Waals surface area contributed by atoms with Crippen LogP contribution < -0.4 is 10.3 Å². The number of fused-ring (bicyclic) bond motifs is 1. The van der Waals surface area contributed by atoms with Crippen molar-refractivity contribution >= 4 is 16.8 Å². The van der Waals surface area contributed by atoms with Gasteiger partial charge in [0.15, 0.2) is 0 Å². The molecule has 1 unspecified atom stereocenters. The highest BCUT2D eigenvalue weighted by atomic mass is 16.5. The van der Waals surface area contributed by atoms with E-state index in [2.05, 4.69) is 0 Å². The number of ether oxygens (including phenoxy) is 1. The van der Waals surface area contributed by atoms with Crippen molar-refractivity contribution in [3.63, 3.8) is 0 Å². The Kier molecular flexibility index (Phi) is 6.32. The van der Waals surface area contributed by atoms with Crippen LogP contribution in [0.5, 0.6) is 5.75 Å². The van der Waals surface area contributed by atoms with Gasteiger partial charge in [0.1, 0.15) is 11.6 Å². The Bertz CT molecular complexity index is 1070. The van der Waals surface area contributed by atoms with E-state index in [1.807, 2.05) is 43.0 Å². The molecule has 3 rings (SSSR count). The summed E-state index contributed by atoms with van der Waals surface area (Å²) in [5, 5.41) is 0.578. The molecule has 0 fully saturated rings. The van der Waals surface area contributed by atoms with Gasteiger partial charge >= 0.3 is 0 Å². The van der Waals surface area contributed by atoms with Crippen molar-refractivity contribution in [3.8, 4) is 5.75 Å². The highest BCUT2D eigenvalue weighted by Crippen LogP contribution is 2.26. The number of rotatable bonds is 7. The molecule has 1 heterocycles. The predicted molar refractivity (Wildman–Crippen MR) is 114 cm³/mol. The zero-order chi connectivity index (χ0) is 21.0. The number of carbonyl (C=O) groups is 1. The second kappa shape index (κ2) is 8.90. The van der Waals surface area contributed by atoms with E-state index in [0.717, 1.165) is 6.42 Å². The molecule has 3 aromatic rings. The first-order valence-corrected chi connectivity index (χ1v) is 9.92. The van der Waals surface area contributed by atoms with Crippen molar-refractivity contribution in [2.24, 2.45) is 7.05 Å². The van der Waals surface area contributed by atoms with Crippen molar-refractivity contribution in [1.29, 1.82) is 0 Å². The maximum atomic E-state index is 13.4. The number of hydrogen-bond donors (Lipinski definition) is 0. The number of methoxy groups -OCH3 is 1. The van der Waals surface area contributed by atoms with Crippen molar-refractivity contribution in [2.75, 3.05) is 13.7 Å². The molecular weight excluding hydrogens is 366 g/mol. The number of hydrogen-bond acceptors (Lipinski definition) is 4. The Morgan fingerprint density at radius 2 is 1.93 bits per heavy atom. The third-order valence-electron chi connectivity index (χ3n) is 5.12. The molecule has 29 heavy (non-hydrogen) atoms. The monoisotopic (exact) mass is 393 g/mol. The first-order chi connectivity index (χ1) is 14.0. The van der Waals surface area contributed by atoms with Crippen LogP contribution in [0.1, 0.15) is 48.9 Å². The molecule has 0 aliphatic carbocycles. The maximum absolute atomic E-state index is 13.4. The van der Waals surface area contributed by atoms with E-state index in [9.17, 15) is 9.59 Å². The van der Waals surface area contributed by atoms with E-state index >= 15 is 0 Å². The molecule has 6 nitrogen and oxygen atoms in total. The van der Waals surface area contributed by atoms with Crippen LogP contribution in [0.25, 0.3) is 10.9 Å². The third kappa shape index (κ3) is 4.01. The average molecular weight is 393 g/mol. The van der Waals surface area contributed by atoms with E-state index in [1.165, 1.54) is 0 Å². The van der Waals surface area contributed by atoms with E-state index in [0.29, 0.717) is 41.0 Å². The van der Waals surface area contributed by atoms with Gasteiger partial charge in [-0.2, -0.15) is 0 Å². The Morgan fingerprint density at radius 3 is 2.62 bits per heavy atom. The second-order valence-corrected chi connectivity index (χ2v) is 7.01. The van der Waals surface area contributed by atoms with Crippen LogP contribution in [0.15, 0.2) is 53.3 Å². The summed E-state index contributed by atoms with van der Waals surface area (Å²) in [5.41, 5.74) is 1.10. The summed E-state index contributed by atoms with van der Waals surface area (Å²) < 4.78 is 6.84. The average Bonchev–Trinajstić information content (AvgIpc) is 2.76. The van der Waals surface area contributed by atoms with Crippen molar-refractivity contribution in [3.05, 3.63) is 70.3 Å². The number of carbonyl (C=O) groups excluding carboxylic acids is 1. The van der Waals surface area contributed by atoms with Gasteiger partial charge in [-0.3, -0.25) is 14.2 Å². The molecule has 152 valence electrons. The summed E-state index contributed by atoms with van der Waals surface area (Å²) in [7, 11) is 3.30. The SMILES string of the molecule is CCCN(C(=O)c1cccc(OC)c1)C(CC)c1nc2ccccc2c(=O)n1C. The highest BCUT2D eigenvalue weighted by molar-refractivity contribution is 5.95. The van der Waals surface area contributed by atoms with Crippen LogP contribution >= 0.6 is 0 Å². The Hall–Kier alpha value is -3.15. The zero-order valence-electron chi connectivity index (χ0n) is 17.4. The van der Waals surface area contributed by atoms with Crippen molar-refractivity contribution < 1.29 is 9.53 Å². The molecule has 0 radical (unpaired) electrons. The molecule has 0 spiro atoms. The third-order valence-corrected chi connectivity index (χ3v) is 5.12. The number of amides is 1. The first kappa shape index (κ1) is 20.6. The molecule has 0 bridgehead atoms. The van der Waals surface area contributed by atoms with E-state index in [1.54, 1.807) is 43.0 Å². The number of para-hydroxylation sites is 1. The summed E-state index contributed by atoms with van der Waals surface area (Å²) in [4.78, 5) is 32.8. The van der Waals surface area contributed by atoms with Crippen LogP contribution in [0.2, 0.25) is 0 Å². The Morgan fingerprint density at radius 1 is 1.17 bits per heavy atom. The van der Waals surface area contributed by atoms with Gasteiger partial charge in [-0.1, -0.05) is 32.0 Å². The van der Waals surface area contributed by atoms with Gasteiger partial charge in [-0.25, -0.2) is 4.98 Å². The molecule has 0 saturated carbocycles. The zero-order valence-corrected chi connectivity index (χ0v) is 17.4. The quantitative estimate of drug-likeness (QED) is 0.610. The number of aromatic nitrogens is 2. The van der Waals surface area contributed by atoms with E-state index < -0.39 is 0 Å². The fraction of sp³-hybridized carbons (Fsp3) is 0.348. The van der Waals surface area contributed by atoms with Crippen LogP contribution in [-0.4, -0.2) is 34.0 Å². The van der Waals surface area contributed by atoms with Gasteiger partial charge < -0.3 is 9.64 Å². The highest BCUT2D eigenvalue weighted by Gasteiger charge is 2.28. The van der Waals surface area contributed by atoms with Gasteiger partial charge in [0.2, 0.25) is 0 Å². The molecule has 6 heteroatoms. The lowest BCUT2D eigenvalue weighted by Crippen LogP contribution is -2.38. The lowest BCUT2D eigenvalue weighted by molar-refractivity contribution is 0.0657. The standard InChI is InChI=1S/C23H27N3O3/c1-5-14-26(22(27)16-10-9-11-17(15-16)29-4)20(6-2)21-24-19-13-8-7-12-18(19)23(28)25(21)3/h7-13,15,20H,5-6,14H2,1-4H3. The van der Waals surface area contributed by atoms with Crippen LogP contribution in [0.4, 0.5) is 0 Å². The van der Waals surface area contributed by atoms with Crippen LogP contribution in [0, 0.1) is 0 Å². The van der Waals surface area contributed by atoms with Gasteiger partial charge in [-0.15, -0.1) is 0 Å². The van der Waals surface area contributed by atoms with E-state index in [4.69, 9.17) is 9.72 Å². The molecule has 2 aromatic carbocycles. The van der Waals surface area contributed by atoms with Crippen LogP contribution in [0.3, 0.4) is 0 Å². The van der Waals surface area contributed by atoms with Gasteiger partial charge in [0.25, 0.3) is 11.5 Å². The number of nitrogens with zero attached hydrogens (tertiary/aromatic N) is 3. The van der Waals surface area contributed by atoms with E-state index in [-0.39, 0.29) is 17.5 Å².